The Labute approximate surface area is 162 Å². The van der Waals surface area contributed by atoms with E-state index in [-0.39, 0.29) is 22.1 Å². The molecule has 0 aromatic heterocycles. The van der Waals surface area contributed by atoms with Crippen LogP contribution in [0.1, 0.15) is 24.1 Å². The van der Waals surface area contributed by atoms with E-state index in [1.165, 1.54) is 24.3 Å². The van der Waals surface area contributed by atoms with Crippen molar-refractivity contribution in [1.82, 2.24) is 4.72 Å². The van der Waals surface area contributed by atoms with Gasteiger partial charge in [0.25, 0.3) is 0 Å². The SMILES string of the molecule is CCOC(=O)C(=[N+]=[N-])C(NS(=O)(=O)c1ccc(C)cc1)c1ccccc1Cl. The van der Waals surface area contributed by atoms with Gasteiger partial charge >= 0.3 is 11.7 Å². The second-order valence-corrected chi connectivity index (χ2v) is 7.72. The molecule has 0 aliphatic rings. The van der Waals surface area contributed by atoms with E-state index >= 15 is 0 Å². The Hall–Kier alpha value is -2.51. The van der Waals surface area contributed by atoms with Crippen molar-refractivity contribution >= 4 is 33.3 Å². The first-order valence-corrected chi connectivity index (χ1v) is 9.88. The summed E-state index contributed by atoms with van der Waals surface area (Å²) in [7, 11) is -4.05. The Morgan fingerprint density at radius 3 is 2.41 bits per heavy atom. The van der Waals surface area contributed by atoms with Crippen molar-refractivity contribution in [3.8, 4) is 0 Å². The molecule has 1 N–H and O–H groups in total. The normalized spacial score (nSPS) is 12.1. The maximum absolute atomic E-state index is 12.8. The molecule has 1 atom stereocenters. The molecular formula is C18H18ClN3O4S. The van der Waals surface area contributed by atoms with Crippen LogP contribution in [-0.2, 0) is 19.6 Å². The van der Waals surface area contributed by atoms with Crippen LogP contribution in [-0.4, -0.2) is 31.5 Å². The van der Waals surface area contributed by atoms with Gasteiger partial charge in [-0.2, -0.15) is 9.51 Å². The average molecular weight is 408 g/mol. The summed E-state index contributed by atoms with van der Waals surface area (Å²) in [6, 6.07) is 11.1. The summed E-state index contributed by atoms with van der Waals surface area (Å²) in [4.78, 5) is 15.1. The summed E-state index contributed by atoms with van der Waals surface area (Å²) >= 11 is 6.17. The van der Waals surface area contributed by atoms with Crippen molar-refractivity contribution in [2.45, 2.75) is 24.8 Å². The molecule has 0 fully saturated rings. The van der Waals surface area contributed by atoms with E-state index < -0.39 is 27.7 Å². The number of hydrogen-bond donors (Lipinski definition) is 1. The summed E-state index contributed by atoms with van der Waals surface area (Å²) in [6.07, 6.45) is 0. The molecule has 142 valence electrons. The first kappa shape index (κ1) is 20.8. The van der Waals surface area contributed by atoms with Crippen LogP contribution in [0, 0.1) is 6.92 Å². The van der Waals surface area contributed by atoms with Gasteiger partial charge in [-0.15, -0.1) is 0 Å². The fourth-order valence-corrected chi connectivity index (χ4v) is 3.76. The molecule has 9 heteroatoms. The Bertz CT molecular complexity index is 984. The van der Waals surface area contributed by atoms with Gasteiger partial charge in [0.05, 0.1) is 11.5 Å². The Morgan fingerprint density at radius 2 is 1.85 bits per heavy atom. The molecule has 0 amide bonds. The van der Waals surface area contributed by atoms with Crippen LogP contribution in [0.15, 0.2) is 53.4 Å². The number of sulfonamides is 1. The van der Waals surface area contributed by atoms with Crippen molar-refractivity contribution in [2.75, 3.05) is 6.61 Å². The largest absolute Gasteiger partial charge is 0.457 e. The number of carbonyl (C=O) groups excluding carboxylic acids is 1. The zero-order valence-electron chi connectivity index (χ0n) is 14.7. The van der Waals surface area contributed by atoms with Gasteiger partial charge in [0, 0.05) is 10.6 Å². The average Bonchev–Trinajstić information content (AvgIpc) is 2.62. The molecule has 7 nitrogen and oxygen atoms in total. The summed E-state index contributed by atoms with van der Waals surface area (Å²) in [5, 5.41) is 0.194. The lowest BCUT2D eigenvalue weighted by molar-refractivity contribution is -0.140. The molecule has 0 aliphatic heterocycles. The maximum atomic E-state index is 12.8. The number of rotatable bonds is 7. The van der Waals surface area contributed by atoms with Crippen LogP contribution in [0.5, 0.6) is 0 Å². The molecule has 0 heterocycles. The van der Waals surface area contributed by atoms with Crippen LogP contribution in [0.3, 0.4) is 0 Å². The van der Waals surface area contributed by atoms with Crippen molar-refractivity contribution < 1.29 is 22.7 Å². The Morgan fingerprint density at radius 1 is 1.22 bits per heavy atom. The molecular weight excluding hydrogens is 390 g/mol. The molecule has 0 bridgehead atoms. The van der Waals surface area contributed by atoms with Gasteiger partial charge in [-0.3, -0.25) is 0 Å². The second kappa shape index (κ2) is 8.92. The molecule has 1 unspecified atom stereocenters. The van der Waals surface area contributed by atoms with Gasteiger partial charge in [-0.25, -0.2) is 13.2 Å². The van der Waals surface area contributed by atoms with Gasteiger partial charge in [0.15, 0.2) is 6.04 Å². The highest BCUT2D eigenvalue weighted by Crippen LogP contribution is 2.26. The number of esters is 1. The van der Waals surface area contributed by atoms with Gasteiger partial charge in [-0.05, 0) is 32.0 Å². The molecule has 0 saturated heterocycles. The van der Waals surface area contributed by atoms with Crippen LogP contribution in [0.2, 0.25) is 5.02 Å². The Balaban J connectivity index is 2.53. The van der Waals surface area contributed by atoms with E-state index in [4.69, 9.17) is 16.3 Å². The summed E-state index contributed by atoms with van der Waals surface area (Å²) in [6.45, 7) is 3.43. The number of ether oxygens (including phenoxy) is 1. The van der Waals surface area contributed by atoms with E-state index in [0.29, 0.717) is 0 Å². The number of benzene rings is 2. The maximum Gasteiger partial charge on any atom is 0.419 e. The lowest BCUT2D eigenvalue weighted by atomic mass is 10.0. The molecule has 0 radical (unpaired) electrons. The zero-order chi connectivity index (χ0) is 20.0. The third-order valence-corrected chi connectivity index (χ3v) is 5.47. The lowest BCUT2D eigenvalue weighted by Crippen LogP contribution is -2.38. The minimum absolute atomic E-state index is 0.00805. The molecule has 2 rings (SSSR count). The lowest BCUT2D eigenvalue weighted by Gasteiger charge is -2.16. The number of halogens is 1. The zero-order valence-corrected chi connectivity index (χ0v) is 16.3. The van der Waals surface area contributed by atoms with E-state index in [1.54, 1.807) is 31.2 Å². The number of carbonyl (C=O) groups is 1. The highest BCUT2D eigenvalue weighted by molar-refractivity contribution is 7.89. The molecule has 0 spiro atoms. The van der Waals surface area contributed by atoms with Gasteiger partial charge in [0.1, 0.15) is 0 Å². The summed E-state index contributed by atoms with van der Waals surface area (Å²) in [5.74, 6) is -0.962. The van der Waals surface area contributed by atoms with Crippen LogP contribution in [0.4, 0.5) is 0 Å². The fourth-order valence-electron chi connectivity index (χ4n) is 2.34. The predicted octanol–water partition coefficient (Wildman–Crippen LogP) is 2.90. The van der Waals surface area contributed by atoms with E-state index in [9.17, 15) is 18.7 Å². The standard InChI is InChI=1S/C18H18ClN3O4S/c1-3-26-18(23)17(21-20)16(14-6-4-5-7-15(14)19)22-27(24,25)13-10-8-12(2)9-11-13/h4-11,16,22H,3H2,1-2H3. The number of nitrogens with one attached hydrogen (secondary N) is 1. The molecule has 0 aliphatic carbocycles. The van der Waals surface area contributed by atoms with Gasteiger partial charge in [0.2, 0.25) is 10.0 Å². The second-order valence-electron chi connectivity index (χ2n) is 5.59. The number of hydrogen-bond acceptors (Lipinski definition) is 4. The van der Waals surface area contributed by atoms with Crippen molar-refractivity contribution in [3.63, 3.8) is 0 Å². The smallest absolute Gasteiger partial charge is 0.419 e. The summed E-state index contributed by atoms with van der Waals surface area (Å²) < 4.78 is 32.8. The monoisotopic (exact) mass is 407 g/mol. The van der Waals surface area contributed by atoms with E-state index in [2.05, 4.69) is 9.51 Å². The third kappa shape index (κ3) is 5.02. The minimum Gasteiger partial charge on any atom is -0.457 e. The molecule has 27 heavy (non-hydrogen) atoms. The highest BCUT2D eigenvalue weighted by atomic mass is 35.5. The minimum atomic E-state index is -4.05. The first-order valence-electron chi connectivity index (χ1n) is 8.02. The van der Waals surface area contributed by atoms with E-state index in [0.717, 1.165) is 5.56 Å². The van der Waals surface area contributed by atoms with Crippen molar-refractivity contribution in [2.24, 2.45) is 0 Å². The van der Waals surface area contributed by atoms with E-state index in [1.807, 2.05) is 6.92 Å². The molecule has 0 saturated carbocycles. The fraction of sp³-hybridized carbons (Fsp3) is 0.222. The quantitative estimate of drug-likeness (QED) is 0.329. The van der Waals surface area contributed by atoms with Gasteiger partial charge in [-0.1, -0.05) is 47.5 Å². The topological polar surface area (TPSA) is 109 Å². The van der Waals surface area contributed by atoms with Crippen molar-refractivity contribution in [1.29, 1.82) is 0 Å². The highest BCUT2D eigenvalue weighted by Gasteiger charge is 2.38. The summed E-state index contributed by atoms with van der Waals surface area (Å²) in [5.41, 5.74) is 9.97. The Kier molecular flexibility index (Phi) is 6.87. The van der Waals surface area contributed by atoms with Crippen molar-refractivity contribution in [3.05, 3.63) is 70.2 Å². The van der Waals surface area contributed by atoms with Crippen LogP contribution < -0.4 is 4.72 Å². The molecule has 2 aromatic rings. The molecule has 2 aromatic carbocycles. The van der Waals surface area contributed by atoms with Gasteiger partial charge < -0.3 is 10.3 Å². The van der Waals surface area contributed by atoms with Crippen LogP contribution in [0.25, 0.3) is 5.53 Å². The first-order chi connectivity index (χ1) is 12.8. The number of aryl methyl sites for hydroxylation is 1. The number of nitrogens with zero attached hydrogens (tertiary/aromatic N) is 2. The predicted molar refractivity (Wildman–Crippen MR) is 101 cm³/mol. The van der Waals surface area contributed by atoms with Crippen LogP contribution >= 0.6 is 11.6 Å². The third-order valence-electron chi connectivity index (χ3n) is 3.69.